The highest BCUT2D eigenvalue weighted by atomic mass is 35.5. The molecule has 0 saturated carbocycles. The Labute approximate surface area is 95.5 Å². The second-order valence-electron chi connectivity index (χ2n) is 2.79. The number of unbranched alkanes of at least 4 members (excludes halogenated alkanes) is 1. The number of hydrogen-bond donors (Lipinski definition) is 0. The topological polar surface area (TPSA) is 71.5 Å². The second-order valence-corrected chi connectivity index (χ2v) is 7.40. The van der Waals surface area contributed by atoms with E-state index in [2.05, 4.69) is 5.92 Å². The molecule has 0 heterocycles. The van der Waals surface area contributed by atoms with Crippen molar-refractivity contribution in [3.63, 3.8) is 0 Å². The van der Waals surface area contributed by atoms with Crippen LogP contribution in [0.4, 0.5) is 0 Å². The number of rotatable bonds is 6. The summed E-state index contributed by atoms with van der Waals surface area (Å²) in [6.45, 7) is -0.169. The van der Waals surface area contributed by atoms with Crippen LogP contribution in [0.15, 0.2) is 0 Å². The average molecular weight is 274 g/mol. The van der Waals surface area contributed by atoms with Gasteiger partial charge in [0.25, 0.3) is 0 Å². The van der Waals surface area contributed by atoms with Gasteiger partial charge in [0, 0.05) is 13.0 Å². The molecule has 0 radical (unpaired) electrons. The summed E-state index contributed by atoms with van der Waals surface area (Å²) in [4.78, 5) is 0. The maximum absolute atomic E-state index is 11.3. The van der Waals surface area contributed by atoms with E-state index in [1.807, 2.05) is 0 Å². The molecule has 15 heavy (non-hydrogen) atoms. The summed E-state index contributed by atoms with van der Waals surface area (Å²) in [5.41, 5.74) is 0. The monoisotopic (exact) mass is 273 g/mol. The lowest BCUT2D eigenvalue weighted by Gasteiger charge is -2.17. The Bertz CT molecular complexity index is 434. The standard InChI is InChI=1S/C7H12ClNO4S2/c1-3-4-5-6-9(14(2,10)11)15(12,13)7-8/h1H,4-7H2,2H3. The van der Waals surface area contributed by atoms with E-state index in [4.69, 9.17) is 18.0 Å². The van der Waals surface area contributed by atoms with Crippen LogP contribution in [-0.4, -0.2) is 38.6 Å². The third-order valence-corrected chi connectivity index (χ3v) is 5.80. The Balaban J connectivity index is 4.88. The smallest absolute Gasteiger partial charge is 0.212 e. The van der Waals surface area contributed by atoms with E-state index in [9.17, 15) is 16.8 Å². The van der Waals surface area contributed by atoms with E-state index < -0.39 is 25.3 Å². The SMILES string of the molecule is C#CCCCN(S(C)(=O)=O)S(=O)(=O)CCl. The molecule has 0 aliphatic heterocycles. The summed E-state index contributed by atoms with van der Waals surface area (Å²) in [7, 11) is -7.78. The van der Waals surface area contributed by atoms with Crippen molar-refractivity contribution in [3.8, 4) is 12.3 Å². The molecule has 0 atom stereocenters. The molecule has 0 spiro atoms. The number of halogens is 1. The highest BCUT2D eigenvalue weighted by Gasteiger charge is 2.29. The van der Waals surface area contributed by atoms with Gasteiger partial charge in [-0.15, -0.1) is 23.9 Å². The van der Waals surface area contributed by atoms with Gasteiger partial charge >= 0.3 is 0 Å². The van der Waals surface area contributed by atoms with Crippen LogP contribution in [0.5, 0.6) is 0 Å². The van der Waals surface area contributed by atoms with E-state index in [1.54, 1.807) is 0 Å². The summed E-state index contributed by atoms with van der Waals surface area (Å²) < 4.78 is 45.3. The second kappa shape index (κ2) is 5.70. The van der Waals surface area contributed by atoms with Crippen molar-refractivity contribution >= 4 is 31.6 Å². The average Bonchev–Trinajstić information content (AvgIpc) is 2.10. The van der Waals surface area contributed by atoms with Crippen molar-refractivity contribution in [3.05, 3.63) is 0 Å². The van der Waals surface area contributed by atoms with E-state index in [0.717, 1.165) is 6.26 Å². The van der Waals surface area contributed by atoms with Gasteiger partial charge in [0.15, 0.2) is 0 Å². The molecule has 0 aliphatic carbocycles. The lowest BCUT2D eigenvalue weighted by atomic mass is 10.3. The van der Waals surface area contributed by atoms with Crippen molar-refractivity contribution in [2.45, 2.75) is 12.8 Å². The highest BCUT2D eigenvalue weighted by Crippen LogP contribution is 2.10. The number of alkyl halides is 1. The third kappa shape index (κ3) is 4.84. The van der Waals surface area contributed by atoms with Crippen LogP contribution >= 0.6 is 11.6 Å². The summed E-state index contributed by atoms with van der Waals surface area (Å²) in [6, 6.07) is 0. The van der Waals surface area contributed by atoms with Gasteiger partial charge < -0.3 is 0 Å². The van der Waals surface area contributed by atoms with Crippen molar-refractivity contribution in [2.24, 2.45) is 0 Å². The van der Waals surface area contributed by atoms with E-state index in [-0.39, 0.29) is 13.0 Å². The Kier molecular flexibility index (Phi) is 5.59. The molecule has 8 heteroatoms. The summed E-state index contributed by atoms with van der Waals surface area (Å²) in [6.07, 6.45) is 6.37. The Morgan fingerprint density at radius 3 is 2.20 bits per heavy atom. The fourth-order valence-corrected chi connectivity index (χ4v) is 4.19. The first-order chi connectivity index (χ1) is 6.75. The molecule has 0 N–H and O–H groups in total. The molecule has 0 saturated heterocycles. The van der Waals surface area contributed by atoms with Crippen LogP contribution in [0.1, 0.15) is 12.8 Å². The zero-order valence-electron chi connectivity index (χ0n) is 8.18. The number of sulfonamides is 2. The molecular weight excluding hydrogens is 262 g/mol. The summed E-state index contributed by atoms with van der Waals surface area (Å²) in [5.74, 6) is 2.29. The van der Waals surface area contributed by atoms with Crippen LogP contribution in [0, 0.1) is 12.3 Å². The predicted molar refractivity (Wildman–Crippen MR) is 59.3 cm³/mol. The fourth-order valence-electron chi connectivity index (χ4n) is 0.876. The fraction of sp³-hybridized carbons (Fsp3) is 0.714. The first-order valence-electron chi connectivity index (χ1n) is 3.95. The van der Waals surface area contributed by atoms with Gasteiger partial charge in [-0.1, -0.05) is 3.71 Å². The van der Waals surface area contributed by atoms with Crippen LogP contribution < -0.4 is 0 Å². The first-order valence-corrected chi connectivity index (χ1v) is 7.95. The molecule has 0 unspecified atom stereocenters. The molecule has 0 amide bonds. The van der Waals surface area contributed by atoms with Crippen LogP contribution in [0.2, 0.25) is 0 Å². The Hall–Kier alpha value is -0.290. The minimum atomic E-state index is -3.96. The number of terminal acetylenes is 1. The minimum absolute atomic E-state index is 0.169. The van der Waals surface area contributed by atoms with Gasteiger partial charge in [0.1, 0.15) is 5.21 Å². The lowest BCUT2D eigenvalue weighted by Crippen LogP contribution is -2.37. The van der Waals surface area contributed by atoms with E-state index in [0.29, 0.717) is 10.1 Å². The van der Waals surface area contributed by atoms with Crippen molar-refractivity contribution in [1.29, 1.82) is 0 Å². The number of nitrogens with zero attached hydrogens (tertiary/aromatic N) is 1. The molecule has 0 fully saturated rings. The minimum Gasteiger partial charge on any atom is -0.212 e. The van der Waals surface area contributed by atoms with Crippen molar-refractivity contribution in [2.75, 3.05) is 18.0 Å². The molecule has 0 aromatic heterocycles. The zero-order valence-corrected chi connectivity index (χ0v) is 10.6. The van der Waals surface area contributed by atoms with Crippen LogP contribution in [0.25, 0.3) is 0 Å². The molecule has 0 aliphatic rings. The normalized spacial score (nSPS) is 12.7. The van der Waals surface area contributed by atoms with E-state index in [1.165, 1.54) is 0 Å². The quantitative estimate of drug-likeness (QED) is 0.393. The van der Waals surface area contributed by atoms with Gasteiger partial charge in [-0.25, -0.2) is 16.8 Å². The molecule has 0 bridgehead atoms. The van der Waals surface area contributed by atoms with Gasteiger partial charge in [-0.2, -0.15) is 0 Å². The summed E-state index contributed by atoms with van der Waals surface area (Å²) >= 11 is 5.17. The number of hydrogen-bond acceptors (Lipinski definition) is 4. The highest BCUT2D eigenvalue weighted by molar-refractivity contribution is 8.04. The zero-order chi connectivity index (χ0) is 12.1. The molecule has 5 nitrogen and oxygen atoms in total. The van der Waals surface area contributed by atoms with Gasteiger partial charge in [-0.3, -0.25) is 0 Å². The molecule has 88 valence electrons. The van der Waals surface area contributed by atoms with E-state index >= 15 is 0 Å². The van der Waals surface area contributed by atoms with Crippen LogP contribution in [-0.2, 0) is 20.0 Å². The van der Waals surface area contributed by atoms with Gasteiger partial charge in [-0.05, 0) is 6.42 Å². The third-order valence-electron chi connectivity index (χ3n) is 1.48. The maximum atomic E-state index is 11.3. The first kappa shape index (κ1) is 14.7. The van der Waals surface area contributed by atoms with Gasteiger partial charge in [0.2, 0.25) is 20.0 Å². The largest absolute Gasteiger partial charge is 0.241 e. The summed E-state index contributed by atoms with van der Waals surface area (Å²) in [5, 5.41) is -0.768. The van der Waals surface area contributed by atoms with Crippen LogP contribution in [0.3, 0.4) is 0 Å². The molecular formula is C7H12ClNO4S2. The Morgan fingerprint density at radius 2 is 1.87 bits per heavy atom. The molecule has 0 aromatic carbocycles. The van der Waals surface area contributed by atoms with Gasteiger partial charge in [0.05, 0.1) is 6.26 Å². The van der Waals surface area contributed by atoms with Crippen molar-refractivity contribution in [1.82, 2.24) is 3.71 Å². The molecule has 0 rings (SSSR count). The molecule has 0 aromatic rings. The maximum Gasteiger partial charge on any atom is 0.241 e. The lowest BCUT2D eigenvalue weighted by molar-refractivity contribution is 0.498. The predicted octanol–water partition coefficient (Wildman–Crippen LogP) is 0.188. The van der Waals surface area contributed by atoms with Crippen molar-refractivity contribution < 1.29 is 16.8 Å². The Morgan fingerprint density at radius 1 is 1.33 bits per heavy atom.